The monoisotopic (exact) mass is 347 g/mol. The Balaban J connectivity index is 1.57. The lowest BCUT2D eigenvalue weighted by Crippen LogP contribution is -2.22. The van der Waals surface area contributed by atoms with Crippen LogP contribution in [0.25, 0.3) is 11.4 Å². The average molecular weight is 347 g/mol. The Morgan fingerprint density at radius 3 is 2.67 bits per heavy atom. The summed E-state index contributed by atoms with van der Waals surface area (Å²) in [7, 11) is 1.86. The van der Waals surface area contributed by atoms with E-state index in [2.05, 4.69) is 10.2 Å². The van der Waals surface area contributed by atoms with Crippen molar-refractivity contribution in [3.8, 4) is 17.1 Å². The molecule has 0 spiro atoms. The number of carbonyl (C=O) groups excluding carboxylic acids is 1. The van der Waals surface area contributed by atoms with Crippen molar-refractivity contribution in [2.24, 2.45) is 7.05 Å². The molecule has 1 aliphatic carbocycles. The van der Waals surface area contributed by atoms with Gasteiger partial charge in [0.15, 0.2) is 11.0 Å². The quantitative estimate of drug-likeness (QED) is 0.661. The van der Waals surface area contributed by atoms with E-state index in [1.54, 1.807) is 24.3 Å². The smallest absolute Gasteiger partial charge is 0.316 e. The van der Waals surface area contributed by atoms with Crippen LogP contribution in [0.4, 0.5) is 0 Å². The van der Waals surface area contributed by atoms with E-state index in [1.807, 2.05) is 11.6 Å². The van der Waals surface area contributed by atoms with E-state index in [0.717, 1.165) is 31.2 Å². The summed E-state index contributed by atoms with van der Waals surface area (Å²) < 4.78 is 7.35. The highest BCUT2D eigenvalue weighted by Crippen LogP contribution is 2.25. The summed E-state index contributed by atoms with van der Waals surface area (Å²) >= 11 is 1.33. The zero-order valence-corrected chi connectivity index (χ0v) is 14.5. The van der Waals surface area contributed by atoms with Crippen LogP contribution in [0.3, 0.4) is 0 Å². The highest BCUT2D eigenvalue weighted by molar-refractivity contribution is 7.99. The molecule has 1 heterocycles. The molecule has 0 saturated heterocycles. The Hall–Kier alpha value is -2.02. The fraction of sp³-hybridized carbons (Fsp3) is 0.471. The maximum atomic E-state index is 12.0. The molecule has 0 atom stereocenters. The van der Waals surface area contributed by atoms with Crippen molar-refractivity contribution in [3.63, 3.8) is 0 Å². The second-order valence-electron chi connectivity index (χ2n) is 5.95. The second kappa shape index (κ2) is 7.70. The minimum Gasteiger partial charge on any atom is -0.508 e. The molecule has 1 aromatic heterocycles. The molecule has 1 aromatic carbocycles. The predicted octanol–water partition coefficient (Wildman–Crippen LogP) is 3.16. The second-order valence-corrected chi connectivity index (χ2v) is 6.89. The number of benzene rings is 1. The van der Waals surface area contributed by atoms with E-state index in [1.165, 1.54) is 18.2 Å². The molecule has 0 radical (unpaired) electrons. The van der Waals surface area contributed by atoms with Gasteiger partial charge >= 0.3 is 5.97 Å². The number of nitrogens with zero attached hydrogens (tertiary/aromatic N) is 3. The molecule has 0 amide bonds. The number of aromatic nitrogens is 3. The molecule has 2 aromatic rings. The largest absolute Gasteiger partial charge is 0.508 e. The van der Waals surface area contributed by atoms with Gasteiger partial charge in [0.1, 0.15) is 11.9 Å². The summed E-state index contributed by atoms with van der Waals surface area (Å²) in [6.07, 6.45) is 5.56. The number of phenolic OH excluding ortho intramolecular Hbond substituents is 1. The molecule has 0 aliphatic heterocycles. The van der Waals surface area contributed by atoms with Crippen molar-refractivity contribution >= 4 is 17.7 Å². The Bertz CT molecular complexity index is 694. The van der Waals surface area contributed by atoms with E-state index in [4.69, 9.17) is 4.74 Å². The fourth-order valence-electron chi connectivity index (χ4n) is 2.83. The first-order chi connectivity index (χ1) is 11.6. The first-order valence-electron chi connectivity index (χ1n) is 8.14. The Labute approximate surface area is 145 Å². The lowest BCUT2D eigenvalue weighted by atomic mass is 9.98. The number of hydrogen-bond donors (Lipinski definition) is 1. The molecule has 128 valence electrons. The summed E-state index contributed by atoms with van der Waals surface area (Å²) in [5, 5.41) is 18.3. The van der Waals surface area contributed by atoms with Crippen LogP contribution in [0.2, 0.25) is 0 Å². The number of esters is 1. The minimum atomic E-state index is -0.193. The molecule has 7 heteroatoms. The van der Waals surface area contributed by atoms with E-state index >= 15 is 0 Å². The number of phenols is 1. The molecule has 1 fully saturated rings. The molecule has 6 nitrogen and oxygen atoms in total. The zero-order chi connectivity index (χ0) is 16.9. The number of ether oxygens (including phenoxy) is 1. The van der Waals surface area contributed by atoms with Crippen molar-refractivity contribution in [1.82, 2.24) is 14.8 Å². The molecule has 24 heavy (non-hydrogen) atoms. The molecule has 3 rings (SSSR count). The maximum Gasteiger partial charge on any atom is 0.316 e. The topological polar surface area (TPSA) is 77.2 Å². The summed E-state index contributed by atoms with van der Waals surface area (Å²) in [6, 6.07) is 6.78. The van der Waals surface area contributed by atoms with Gasteiger partial charge in [-0.25, -0.2) is 0 Å². The Kier molecular flexibility index (Phi) is 5.40. The number of hydrogen-bond acceptors (Lipinski definition) is 6. The van der Waals surface area contributed by atoms with Gasteiger partial charge in [-0.05, 0) is 49.9 Å². The van der Waals surface area contributed by atoms with Crippen molar-refractivity contribution < 1.29 is 14.6 Å². The van der Waals surface area contributed by atoms with E-state index < -0.39 is 0 Å². The highest BCUT2D eigenvalue weighted by Gasteiger charge is 2.19. The molecule has 1 aliphatic rings. The van der Waals surface area contributed by atoms with Crippen LogP contribution in [0.15, 0.2) is 29.4 Å². The van der Waals surface area contributed by atoms with Gasteiger partial charge in [0.05, 0.1) is 5.75 Å². The number of thioether (sulfide) groups is 1. The van der Waals surface area contributed by atoms with Crippen molar-refractivity contribution in [2.45, 2.75) is 43.4 Å². The predicted molar refractivity (Wildman–Crippen MR) is 91.8 cm³/mol. The normalized spacial score (nSPS) is 15.4. The molecule has 1 N–H and O–H groups in total. The van der Waals surface area contributed by atoms with Gasteiger partial charge in [0, 0.05) is 12.6 Å². The summed E-state index contributed by atoms with van der Waals surface area (Å²) in [5.74, 6) is 0.943. The van der Waals surface area contributed by atoms with Crippen LogP contribution in [-0.2, 0) is 16.6 Å². The minimum absolute atomic E-state index is 0.0823. The maximum absolute atomic E-state index is 12.0. The Morgan fingerprint density at radius 2 is 1.96 bits per heavy atom. The SMILES string of the molecule is Cn1c(SCC(=O)OC2CCCCC2)nnc1-c1ccc(O)cc1. The third kappa shape index (κ3) is 4.08. The third-order valence-electron chi connectivity index (χ3n) is 4.13. The van der Waals surface area contributed by atoms with Crippen molar-refractivity contribution in [2.75, 3.05) is 5.75 Å². The summed E-state index contributed by atoms with van der Waals surface area (Å²) in [6.45, 7) is 0. The summed E-state index contributed by atoms with van der Waals surface area (Å²) in [5.41, 5.74) is 0.861. The molecule has 0 unspecified atom stereocenters. The van der Waals surface area contributed by atoms with Gasteiger partial charge in [0.2, 0.25) is 0 Å². The van der Waals surface area contributed by atoms with Gasteiger partial charge in [-0.15, -0.1) is 10.2 Å². The van der Waals surface area contributed by atoms with Gasteiger partial charge in [0.25, 0.3) is 0 Å². The van der Waals surface area contributed by atoms with E-state index in [-0.39, 0.29) is 23.6 Å². The van der Waals surface area contributed by atoms with Gasteiger partial charge < -0.3 is 14.4 Å². The lowest BCUT2D eigenvalue weighted by Gasteiger charge is -2.21. The number of aromatic hydroxyl groups is 1. The van der Waals surface area contributed by atoms with E-state index in [0.29, 0.717) is 11.0 Å². The molecular weight excluding hydrogens is 326 g/mol. The molecule has 0 bridgehead atoms. The van der Waals surface area contributed by atoms with Gasteiger partial charge in [-0.1, -0.05) is 18.2 Å². The van der Waals surface area contributed by atoms with Crippen LogP contribution in [0.5, 0.6) is 5.75 Å². The van der Waals surface area contributed by atoms with Gasteiger partial charge in [-0.2, -0.15) is 0 Å². The first-order valence-corrected chi connectivity index (χ1v) is 9.13. The van der Waals surface area contributed by atoms with Crippen LogP contribution in [0.1, 0.15) is 32.1 Å². The van der Waals surface area contributed by atoms with Crippen LogP contribution in [-0.4, -0.2) is 37.7 Å². The third-order valence-corrected chi connectivity index (χ3v) is 5.12. The Morgan fingerprint density at radius 1 is 1.25 bits per heavy atom. The molecular formula is C17H21N3O3S. The summed E-state index contributed by atoms with van der Waals surface area (Å²) in [4.78, 5) is 12.0. The average Bonchev–Trinajstić information content (AvgIpc) is 2.95. The van der Waals surface area contributed by atoms with Crippen molar-refractivity contribution in [3.05, 3.63) is 24.3 Å². The fourth-order valence-corrected chi connectivity index (χ4v) is 3.52. The van der Waals surface area contributed by atoms with Crippen molar-refractivity contribution in [1.29, 1.82) is 0 Å². The van der Waals surface area contributed by atoms with E-state index in [9.17, 15) is 9.90 Å². The first kappa shape index (κ1) is 16.8. The lowest BCUT2D eigenvalue weighted by molar-refractivity contribution is -0.147. The van der Waals surface area contributed by atoms with Crippen LogP contribution in [0, 0.1) is 0 Å². The zero-order valence-electron chi connectivity index (χ0n) is 13.6. The molecule has 1 saturated carbocycles. The van der Waals surface area contributed by atoms with Gasteiger partial charge in [-0.3, -0.25) is 4.79 Å². The highest BCUT2D eigenvalue weighted by atomic mass is 32.2. The number of carbonyl (C=O) groups is 1. The van der Waals surface area contributed by atoms with Crippen LogP contribution >= 0.6 is 11.8 Å². The number of rotatable bonds is 5. The van der Waals surface area contributed by atoms with Crippen LogP contribution < -0.4 is 0 Å². The standard InChI is InChI=1S/C17H21N3O3S/c1-20-16(12-7-9-13(21)10-8-12)18-19-17(20)24-11-15(22)23-14-5-3-2-4-6-14/h7-10,14,21H,2-6,11H2,1H3.